The fourth-order valence-corrected chi connectivity index (χ4v) is 9.39. The maximum Gasteiger partial charge on any atom is 0.433 e. The van der Waals surface area contributed by atoms with Crippen LogP contribution < -0.4 is 5.32 Å². The van der Waals surface area contributed by atoms with Gasteiger partial charge in [-0.2, -0.15) is 18.4 Å². The van der Waals surface area contributed by atoms with Gasteiger partial charge in [-0.3, -0.25) is 9.78 Å². The molecule has 3 saturated heterocycles. The summed E-state index contributed by atoms with van der Waals surface area (Å²) in [6, 6.07) is 13.5. The number of alkyl halides is 3. The smallest absolute Gasteiger partial charge is 0.372 e. The normalized spacial score (nSPS) is 23.5. The number of benzene rings is 2. The van der Waals surface area contributed by atoms with Crippen molar-refractivity contribution in [2.75, 3.05) is 13.1 Å². The van der Waals surface area contributed by atoms with Crippen LogP contribution in [0, 0.1) is 35.9 Å². The number of nitrogens with one attached hydrogen (secondary N) is 1. The lowest BCUT2D eigenvalue weighted by atomic mass is 9.79. The summed E-state index contributed by atoms with van der Waals surface area (Å²) < 4.78 is 65.2. The number of rotatable bonds is 9. The van der Waals surface area contributed by atoms with E-state index in [0.717, 1.165) is 48.5 Å². The van der Waals surface area contributed by atoms with E-state index in [1.807, 2.05) is 17.9 Å². The van der Waals surface area contributed by atoms with E-state index in [4.69, 9.17) is 32.9 Å². The summed E-state index contributed by atoms with van der Waals surface area (Å²) >= 11 is 13.1. The molecule has 2 saturated carbocycles. The third-order valence-electron chi connectivity index (χ3n) is 11.8. The first kappa shape index (κ1) is 36.4. The largest absolute Gasteiger partial charge is 0.433 e. The molecule has 284 valence electrons. The highest BCUT2D eigenvalue weighted by atomic mass is 35.5. The number of nitrogens with zero attached hydrogens (tertiary/aromatic N) is 5. The number of aryl methyl sites for hydroxylation is 2. The van der Waals surface area contributed by atoms with Crippen molar-refractivity contribution < 1.29 is 27.1 Å². The molecule has 1 amide bonds. The predicted octanol–water partition coefficient (Wildman–Crippen LogP) is 9.28. The number of halogens is 6. The first-order valence-corrected chi connectivity index (χ1v) is 19.3. The van der Waals surface area contributed by atoms with E-state index < -0.39 is 17.7 Å². The molecular formula is C41H36Cl2F4N6O2. The number of nitriles is 1. The van der Waals surface area contributed by atoms with Crippen LogP contribution >= 0.6 is 23.2 Å². The molecule has 0 spiro atoms. The molecule has 8 nitrogen and oxygen atoms in total. The zero-order valence-electron chi connectivity index (χ0n) is 29.8. The van der Waals surface area contributed by atoms with Gasteiger partial charge in [0.15, 0.2) is 5.82 Å². The lowest BCUT2D eigenvalue weighted by molar-refractivity contribution is -0.141. The molecule has 5 atom stereocenters. The van der Waals surface area contributed by atoms with Gasteiger partial charge in [0.05, 0.1) is 46.4 Å². The maximum absolute atomic E-state index is 17.2. The van der Waals surface area contributed by atoms with Crippen LogP contribution in [0.25, 0.3) is 32.9 Å². The predicted molar refractivity (Wildman–Crippen MR) is 200 cm³/mol. The maximum atomic E-state index is 17.2. The van der Waals surface area contributed by atoms with Crippen LogP contribution in [0.4, 0.5) is 17.6 Å². The molecule has 3 aromatic heterocycles. The zero-order valence-corrected chi connectivity index (χ0v) is 31.3. The van der Waals surface area contributed by atoms with Gasteiger partial charge in [0, 0.05) is 77.4 Å². The molecule has 5 aromatic rings. The number of pyridine rings is 2. The van der Waals surface area contributed by atoms with E-state index in [0.29, 0.717) is 46.7 Å². The molecule has 2 aliphatic carbocycles. The average molecular weight is 792 g/mol. The van der Waals surface area contributed by atoms with Crippen molar-refractivity contribution in [3.63, 3.8) is 0 Å². The summed E-state index contributed by atoms with van der Waals surface area (Å²) in [5, 5.41) is 15.2. The Balaban J connectivity index is 1.18. The minimum absolute atomic E-state index is 0.0467. The fraction of sp³-hybridized carbons (Fsp3) is 0.415. The molecule has 2 bridgehead atoms. The second-order valence-corrected chi connectivity index (χ2v) is 16.1. The van der Waals surface area contributed by atoms with Gasteiger partial charge in [0.25, 0.3) is 0 Å². The number of carbonyl (C=O) groups is 1. The Labute approximate surface area is 324 Å². The van der Waals surface area contributed by atoms with E-state index in [1.54, 1.807) is 18.2 Å². The molecule has 2 aromatic carbocycles. The van der Waals surface area contributed by atoms with Gasteiger partial charge in [-0.1, -0.05) is 41.4 Å². The SMILES string of the molecule is Cc1nc2c(F)c(-c3cccc(Cl)c3Cl)c(CCC#N)cc2c2c1cc([C@H]1C[C@H](OCc3ccc(C(F)(F)F)nc3)CN1C(=O)C1CC1)n2[C@H]1[C@H]2CN[C@@H]1C2. The topological polar surface area (TPSA) is 96.1 Å². The quantitative estimate of drug-likeness (QED) is 0.150. The van der Waals surface area contributed by atoms with Crippen molar-refractivity contribution >= 4 is 50.9 Å². The van der Waals surface area contributed by atoms with Crippen molar-refractivity contribution in [2.24, 2.45) is 11.8 Å². The molecule has 6 heterocycles. The Morgan fingerprint density at radius 3 is 2.62 bits per heavy atom. The Bertz CT molecular complexity index is 2390. The molecule has 0 unspecified atom stereocenters. The average Bonchev–Trinajstić information content (AvgIpc) is 3.45. The van der Waals surface area contributed by atoms with Crippen LogP contribution in [0.1, 0.15) is 72.4 Å². The Kier molecular flexibility index (Phi) is 9.08. The lowest BCUT2D eigenvalue weighted by Crippen LogP contribution is -2.41. The summed E-state index contributed by atoms with van der Waals surface area (Å²) in [7, 11) is 0. The van der Waals surface area contributed by atoms with Crippen LogP contribution in [-0.4, -0.2) is 50.6 Å². The van der Waals surface area contributed by atoms with Crippen molar-refractivity contribution in [1.82, 2.24) is 24.8 Å². The second kappa shape index (κ2) is 13.7. The van der Waals surface area contributed by atoms with Crippen molar-refractivity contribution in [1.29, 1.82) is 5.26 Å². The monoisotopic (exact) mass is 790 g/mol. The van der Waals surface area contributed by atoms with Gasteiger partial charge in [-0.05, 0) is 73.9 Å². The highest BCUT2D eigenvalue weighted by Gasteiger charge is 2.51. The fourth-order valence-electron chi connectivity index (χ4n) is 9.00. The van der Waals surface area contributed by atoms with Crippen LogP contribution in [0.15, 0.2) is 48.7 Å². The second-order valence-electron chi connectivity index (χ2n) is 15.3. The molecule has 1 N–H and O–H groups in total. The Morgan fingerprint density at radius 2 is 1.95 bits per heavy atom. The van der Waals surface area contributed by atoms with E-state index in [1.165, 1.54) is 12.3 Å². The standard InChI is InChI=1S/C41H36Cl2F4N6O2/c1-20-27-15-32(31-14-25(18-52(31)40(54)22-8-9-22)55-19-21-7-10-33(50-16-21)41(45,46)47)53(38-24-13-30(38)49-17-24)39(27)28-12-23(4-3-11-48)34(36(44)37(28)51-20)26-5-2-6-29(42)35(26)43/h2,5-7,10,12,15-16,22,24-25,30-31,38,49H,3-4,8-9,13-14,17-19H2,1H3/t24-,25+,30-,31-,38+/m1/s1. The summed E-state index contributed by atoms with van der Waals surface area (Å²) in [5.74, 6) is -0.200. The molecule has 5 aliphatic rings. The molecule has 55 heavy (non-hydrogen) atoms. The van der Waals surface area contributed by atoms with E-state index in [-0.39, 0.29) is 76.6 Å². The number of likely N-dealkylation sites (tertiary alicyclic amines) is 1. The first-order valence-electron chi connectivity index (χ1n) is 18.6. The number of amides is 1. The van der Waals surface area contributed by atoms with Gasteiger partial charge < -0.3 is 19.5 Å². The molecule has 3 aliphatic heterocycles. The summed E-state index contributed by atoms with van der Waals surface area (Å²) in [6.07, 6.45) is -0.180. The number of carbonyl (C=O) groups excluding carboxylic acids is 1. The van der Waals surface area contributed by atoms with Gasteiger partial charge in [-0.25, -0.2) is 9.37 Å². The highest BCUT2D eigenvalue weighted by molar-refractivity contribution is 6.43. The molecular weight excluding hydrogens is 755 g/mol. The minimum atomic E-state index is -4.54. The molecule has 0 radical (unpaired) electrons. The number of aromatic nitrogens is 3. The third kappa shape index (κ3) is 6.24. The number of hydrogen-bond acceptors (Lipinski definition) is 6. The summed E-state index contributed by atoms with van der Waals surface area (Å²) in [4.78, 5) is 24.3. The van der Waals surface area contributed by atoms with Crippen molar-refractivity contribution in [3.8, 4) is 17.2 Å². The van der Waals surface area contributed by atoms with Crippen molar-refractivity contribution in [2.45, 2.75) is 82.5 Å². The summed E-state index contributed by atoms with van der Waals surface area (Å²) in [6.45, 7) is 3.09. The zero-order chi connectivity index (χ0) is 38.3. The van der Waals surface area contributed by atoms with Gasteiger partial charge in [-0.15, -0.1) is 0 Å². The van der Waals surface area contributed by atoms with Crippen LogP contribution in [0.2, 0.25) is 10.0 Å². The Morgan fingerprint density at radius 1 is 1.13 bits per heavy atom. The van der Waals surface area contributed by atoms with E-state index >= 15 is 4.39 Å². The van der Waals surface area contributed by atoms with Crippen LogP contribution in [0.5, 0.6) is 0 Å². The van der Waals surface area contributed by atoms with E-state index in [2.05, 4.69) is 27.0 Å². The first-order chi connectivity index (χ1) is 26.4. The molecule has 14 heteroatoms. The molecule has 10 rings (SSSR count). The van der Waals surface area contributed by atoms with Crippen LogP contribution in [-0.2, 0) is 28.7 Å². The van der Waals surface area contributed by atoms with Crippen molar-refractivity contribution in [3.05, 3.63) is 92.7 Å². The van der Waals surface area contributed by atoms with Gasteiger partial charge in [0.1, 0.15) is 11.2 Å². The molecule has 5 fully saturated rings. The number of hydrogen-bond donors (Lipinski definition) is 1. The highest BCUT2D eigenvalue weighted by Crippen LogP contribution is 2.51. The summed E-state index contributed by atoms with van der Waals surface area (Å²) in [5.41, 5.74) is 3.42. The number of fused-ring (bicyclic) bond motifs is 4. The lowest BCUT2D eigenvalue weighted by Gasteiger charge is -2.39. The number of ether oxygens (including phenoxy) is 1. The minimum Gasteiger partial charge on any atom is -0.372 e. The van der Waals surface area contributed by atoms with Gasteiger partial charge in [0.2, 0.25) is 5.91 Å². The third-order valence-corrected chi connectivity index (χ3v) is 12.7. The van der Waals surface area contributed by atoms with Crippen LogP contribution in [0.3, 0.4) is 0 Å². The van der Waals surface area contributed by atoms with Gasteiger partial charge >= 0.3 is 6.18 Å². The Hall–Kier alpha value is -4.28. The van der Waals surface area contributed by atoms with E-state index in [9.17, 15) is 23.2 Å².